The number of nitrogens with one attached hydrogen (secondary N) is 1. The van der Waals surface area contributed by atoms with Gasteiger partial charge in [0.15, 0.2) is 0 Å². The smallest absolute Gasteiger partial charge is 0.244 e. The number of benzene rings is 3. The molecule has 0 radical (unpaired) electrons. The highest BCUT2D eigenvalue weighted by molar-refractivity contribution is 7.92. The summed E-state index contributed by atoms with van der Waals surface area (Å²) in [5, 5.41) is 3.05. The third kappa shape index (κ3) is 8.68. The molecule has 0 saturated heterocycles. The number of aryl methyl sites for hydroxylation is 2. The summed E-state index contributed by atoms with van der Waals surface area (Å²) in [5.74, 6) is -0.718. The van der Waals surface area contributed by atoms with Crippen molar-refractivity contribution in [3.05, 3.63) is 101 Å². The number of anilines is 1. The molecule has 0 heterocycles. The van der Waals surface area contributed by atoms with E-state index in [0.29, 0.717) is 12.1 Å². The molecule has 1 N–H and O–H groups in total. The molecule has 3 aromatic rings. The average molecular weight is 564 g/mol. The van der Waals surface area contributed by atoms with E-state index in [9.17, 15) is 18.0 Å². The van der Waals surface area contributed by atoms with Crippen molar-refractivity contribution < 1.29 is 18.0 Å². The Bertz CT molecular complexity index is 1370. The van der Waals surface area contributed by atoms with E-state index >= 15 is 0 Å². The van der Waals surface area contributed by atoms with Gasteiger partial charge in [-0.05, 0) is 55.5 Å². The van der Waals surface area contributed by atoms with Crippen LogP contribution >= 0.6 is 0 Å². The lowest BCUT2D eigenvalue weighted by Gasteiger charge is -2.34. The molecule has 8 heteroatoms. The second-order valence-electron chi connectivity index (χ2n) is 10.3. The van der Waals surface area contributed by atoms with Crippen molar-refractivity contribution in [2.75, 3.05) is 17.1 Å². The highest BCUT2D eigenvalue weighted by atomic mass is 32.2. The summed E-state index contributed by atoms with van der Waals surface area (Å²) in [5.41, 5.74) is 4.27. The van der Waals surface area contributed by atoms with Crippen LogP contribution in [0.1, 0.15) is 49.4 Å². The van der Waals surface area contributed by atoms with Gasteiger partial charge in [0.1, 0.15) is 12.6 Å². The molecule has 2 atom stereocenters. The normalized spacial score (nSPS) is 12.8. The summed E-state index contributed by atoms with van der Waals surface area (Å²) in [7, 11) is -3.79. The third-order valence-electron chi connectivity index (χ3n) is 7.02. The fourth-order valence-electron chi connectivity index (χ4n) is 4.51. The fraction of sp³-hybridized carbons (Fsp3) is 0.375. The first-order valence-corrected chi connectivity index (χ1v) is 15.6. The van der Waals surface area contributed by atoms with Crippen LogP contribution in [0.4, 0.5) is 5.69 Å². The van der Waals surface area contributed by atoms with E-state index in [2.05, 4.69) is 5.32 Å². The average Bonchev–Trinajstić information content (AvgIpc) is 2.93. The molecule has 0 aliphatic rings. The molecule has 0 aliphatic carbocycles. The van der Waals surface area contributed by atoms with Crippen molar-refractivity contribution in [1.82, 2.24) is 10.2 Å². The highest BCUT2D eigenvalue weighted by Crippen LogP contribution is 2.21. The van der Waals surface area contributed by atoms with Gasteiger partial charge in [0, 0.05) is 19.0 Å². The van der Waals surface area contributed by atoms with Crippen molar-refractivity contribution in [2.45, 2.75) is 65.6 Å². The zero-order valence-electron chi connectivity index (χ0n) is 24.1. The van der Waals surface area contributed by atoms with Crippen LogP contribution in [0.2, 0.25) is 0 Å². The first kappa shape index (κ1) is 30.9. The molecule has 7 nitrogen and oxygen atoms in total. The summed E-state index contributed by atoms with van der Waals surface area (Å²) in [6.45, 7) is 7.65. The van der Waals surface area contributed by atoms with Gasteiger partial charge >= 0.3 is 0 Å². The van der Waals surface area contributed by atoms with E-state index < -0.39 is 28.5 Å². The molecule has 0 fully saturated rings. The number of hydrogen-bond donors (Lipinski definition) is 1. The van der Waals surface area contributed by atoms with Gasteiger partial charge < -0.3 is 10.2 Å². The minimum absolute atomic E-state index is 0.0775. The zero-order chi connectivity index (χ0) is 29.3. The quantitative estimate of drug-likeness (QED) is 0.321. The molecule has 214 valence electrons. The summed E-state index contributed by atoms with van der Waals surface area (Å²) in [6.07, 6.45) is 2.95. The van der Waals surface area contributed by atoms with Crippen LogP contribution in [0.3, 0.4) is 0 Å². The Hall–Kier alpha value is -3.65. The Morgan fingerprint density at radius 1 is 0.875 bits per heavy atom. The number of nitrogens with zero attached hydrogens (tertiary/aromatic N) is 2. The molecule has 3 aromatic carbocycles. The minimum atomic E-state index is -3.79. The monoisotopic (exact) mass is 563 g/mol. The Labute approximate surface area is 239 Å². The standard InChI is InChI=1S/C32H41N3O4S/c1-6-25(4)33-32(37)30(21-27-13-9-8-10-14-27)34(22-28-15-11-12-24(3)20-28)31(36)23-35(40(5,38)39)29-18-16-26(7-2)17-19-29/h8-20,25,30H,6-7,21-23H2,1-5H3,(H,33,37). The zero-order valence-corrected chi connectivity index (χ0v) is 24.9. The number of hydrogen-bond acceptors (Lipinski definition) is 4. The van der Waals surface area contributed by atoms with Crippen LogP contribution in [0, 0.1) is 6.92 Å². The van der Waals surface area contributed by atoms with E-state index in [1.807, 2.05) is 94.4 Å². The van der Waals surface area contributed by atoms with E-state index in [-0.39, 0.29) is 18.5 Å². The SMILES string of the molecule is CCc1ccc(N(CC(=O)N(Cc2cccc(C)c2)C(Cc2ccccc2)C(=O)NC(C)CC)S(C)(=O)=O)cc1. The van der Waals surface area contributed by atoms with Gasteiger partial charge in [-0.25, -0.2) is 8.42 Å². The summed E-state index contributed by atoms with van der Waals surface area (Å²) in [4.78, 5) is 29.3. The maximum atomic E-state index is 14.1. The molecule has 0 aliphatic heterocycles. The van der Waals surface area contributed by atoms with Crippen LogP contribution in [-0.2, 0) is 39.0 Å². The van der Waals surface area contributed by atoms with Crippen molar-refractivity contribution >= 4 is 27.5 Å². The van der Waals surface area contributed by atoms with Gasteiger partial charge in [0.05, 0.1) is 11.9 Å². The van der Waals surface area contributed by atoms with E-state index in [4.69, 9.17) is 0 Å². The molecule has 3 rings (SSSR count). The summed E-state index contributed by atoms with van der Waals surface area (Å²) < 4.78 is 26.9. The molecule has 0 bridgehead atoms. The fourth-order valence-corrected chi connectivity index (χ4v) is 5.36. The molecular formula is C32H41N3O4S. The number of amides is 2. The third-order valence-corrected chi connectivity index (χ3v) is 8.16. The molecule has 40 heavy (non-hydrogen) atoms. The van der Waals surface area contributed by atoms with Gasteiger partial charge in [0.2, 0.25) is 21.8 Å². The Kier molecular flexibility index (Phi) is 10.9. The topological polar surface area (TPSA) is 86.8 Å². The van der Waals surface area contributed by atoms with Crippen molar-refractivity contribution in [2.24, 2.45) is 0 Å². The lowest BCUT2D eigenvalue weighted by atomic mass is 10.0. The van der Waals surface area contributed by atoms with Crippen molar-refractivity contribution in [3.63, 3.8) is 0 Å². The van der Waals surface area contributed by atoms with Gasteiger partial charge in [-0.2, -0.15) is 0 Å². The summed E-state index contributed by atoms with van der Waals surface area (Å²) in [6, 6.07) is 23.6. The second kappa shape index (κ2) is 14.1. The van der Waals surface area contributed by atoms with E-state index in [0.717, 1.165) is 45.7 Å². The highest BCUT2D eigenvalue weighted by Gasteiger charge is 2.33. The Morgan fingerprint density at radius 2 is 1.52 bits per heavy atom. The van der Waals surface area contributed by atoms with E-state index in [1.54, 1.807) is 12.1 Å². The van der Waals surface area contributed by atoms with Crippen molar-refractivity contribution in [3.8, 4) is 0 Å². The van der Waals surface area contributed by atoms with Gasteiger partial charge in [-0.3, -0.25) is 13.9 Å². The molecule has 0 saturated carbocycles. The first-order chi connectivity index (χ1) is 19.0. The predicted octanol–water partition coefficient (Wildman–Crippen LogP) is 4.88. The van der Waals surface area contributed by atoms with E-state index in [1.165, 1.54) is 4.90 Å². The Balaban J connectivity index is 2.05. The number of rotatable bonds is 13. The number of carbonyl (C=O) groups is 2. The molecule has 0 spiro atoms. The largest absolute Gasteiger partial charge is 0.352 e. The minimum Gasteiger partial charge on any atom is -0.352 e. The second-order valence-corrected chi connectivity index (χ2v) is 12.2. The molecule has 0 aromatic heterocycles. The summed E-state index contributed by atoms with van der Waals surface area (Å²) >= 11 is 0. The lowest BCUT2D eigenvalue weighted by Crippen LogP contribution is -2.54. The van der Waals surface area contributed by atoms with Crippen LogP contribution in [-0.4, -0.2) is 50.0 Å². The first-order valence-electron chi connectivity index (χ1n) is 13.8. The van der Waals surface area contributed by atoms with Crippen LogP contribution in [0.15, 0.2) is 78.9 Å². The van der Waals surface area contributed by atoms with Gasteiger partial charge in [-0.15, -0.1) is 0 Å². The van der Waals surface area contributed by atoms with Crippen LogP contribution in [0.5, 0.6) is 0 Å². The number of sulfonamides is 1. The lowest BCUT2D eigenvalue weighted by molar-refractivity contribution is -0.140. The van der Waals surface area contributed by atoms with Gasteiger partial charge in [0.25, 0.3) is 0 Å². The van der Waals surface area contributed by atoms with Gasteiger partial charge in [-0.1, -0.05) is 86.1 Å². The maximum Gasteiger partial charge on any atom is 0.244 e. The van der Waals surface area contributed by atoms with Crippen LogP contribution in [0.25, 0.3) is 0 Å². The predicted molar refractivity (Wildman–Crippen MR) is 162 cm³/mol. The molecular weight excluding hydrogens is 522 g/mol. The maximum absolute atomic E-state index is 14.1. The Morgan fingerprint density at radius 3 is 2.10 bits per heavy atom. The molecule has 2 amide bonds. The molecule has 2 unspecified atom stereocenters. The van der Waals surface area contributed by atoms with Crippen LogP contribution < -0.4 is 9.62 Å². The van der Waals surface area contributed by atoms with Crippen molar-refractivity contribution in [1.29, 1.82) is 0 Å². The number of carbonyl (C=O) groups excluding carboxylic acids is 2.